The fraction of sp³-hybridized carbons (Fsp3) is 0.800. The number of hydrogen-bond donors (Lipinski definition) is 0. The van der Waals surface area contributed by atoms with E-state index < -0.39 is 0 Å². The minimum atomic E-state index is 0.574. The zero-order chi connectivity index (χ0) is 37.4. The Hall–Kier alpha value is -2.16. The van der Waals surface area contributed by atoms with E-state index in [2.05, 4.69) is 0 Å². The van der Waals surface area contributed by atoms with Gasteiger partial charge in [-0.05, 0) is 101 Å². The summed E-state index contributed by atoms with van der Waals surface area (Å²) in [5, 5.41) is 0. The van der Waals surface area contributed by atoms with Crippen molar-refractivity contribution in [3.05, 3.63) is 47.3 Å². The van der Waals surface area contributed by atoms with E-state index >= 15 is 0 Å². The summed E-state index contributed by atoms with van der Waals surface area (Å²) in [5.74, 6) is 0. The van der Waals surface area contributed by atoms with Crippen LogP contribution in [0.2, 0.25) is 0 Å². The Morgan fingerprint density at radius 3 is 0.846 bits per heavy atom. The standard InChI is InChI=1S/2C20H36O6/c1-3-21-9-11-23-13-15-25-17-19-5-7-20(8-6-19)18-26-16-14-24-12-10-22-4-2;1-3-21-8-10-23-12-14-25-17-19-6-5-7-20(16-19)18-26-15-13-24-11-9-22-4-2/h2*17-18H,3-16H2,1-2H3. The Bertz CT molecular complexity index is 823. The van der Waals surface area contributed by atoms with Gasteiger partial charge in [-0.2, -0.15) is 0 Å². The molecule has 2 aliphatic rings. The molecule has 0 aliphatic heterocycles. The van der Waals surface area contributed by atoms with E-state index in [1.54, 1.807) is 0 Å². The Morgan fingerprint density at radius 1 is 0.308 bits per heavy atom. The lowest BCUT2D eigenvalue weighted by Gasteiger charge is -2.17. The van der Waals surface area contributed by atoms with Crippen LogP contribution in [0.4, 0.5) is 0 Å². The number of ether oxygens (including phenoxy) is 12. The third kappa shape index (κ3) is 31.4. The second-order valence-electron chi connectivity index (χ2n) is 11.9. The van der Waals surface area contributed by atoms with Crippen LogP contribution in [-0.4, -0.2) is 132 Å². The van der Waals surface area contributed by atoms with Crippen LogP contribution in [0.3, 0.4) is 0 Å². The van der Waals surface area contributed by atoms with Crippen LogP contribution < -0.4 is 0 Å². The molecule has 0 unspecified atom stereocenters. The van der Waals surface area contributed by atoms with Gasteiger partial charge in [-0.15, -0.1) is 0 Å². The topological polar surface area (TPSA) is 111 Å². The lowest BCUT2D eigenvalue weighted by atomic mass is 9.92. The molecule has 0 spiro atoms. The monoisotopic (exact) mass is 745 g/mol. The molecule has 12 nitrogen and oxygen atoms in total. The molecule has 0 atom stereocenters. The summed E-state index contributed by atoms with van der Waals surface area (Å²) in [4.78, 5) is 0. The summed E-state index contributed by atoms with van der Waals surface area (Å²) in [7, 11) is 0. The molecule has 0 aromatic carbocycles. The average Bonchev–Trinajstić information content (AvgIpc) is 3.17. The first kappa shape index (κ1) is 47.9. The van der Waals surface area contributed by atoms with Crippen molar-refractivity contribution in [3.8, 4) is 0 Å². The Morgan fingerprint density at radius 2 is 0.558 bits per heavy atom. The van der Waals surface area contributed by atoms with Crippen molar-refractivity contribution in [2.45, 2.75) is 79.1 Å². The summed E-state index contributed by atoms with van der Waals surface area (Å²) in [6.07, 6.45) is 15.9. The Balaban J connectivity index is 0.000000520. The fourth-order valence-corrected chi connectivity index (χ4v) is 4.93. The van der Waals surface area contributed by atoms with Crippen molar-refractivity contribution >= 4 is 0 Å². The van der Waals surface area contributed by atoms with E-state index in [4.69, 9.17) is 56.8 Å². The van der Waals surface area contributed by atoms with Crippen LogP contribution in [0, 0.1) is 0 Å². The molecule has 0 aromatic heterocycles. The molecular formula is C40H72O12. The fourth-order valence-electron chi connectivity index (χ4n) is 4.93. The molecule has 0 saturated heterocycles. The maximum atomic E-state index is 5.59. The Kier molecular flexibility index (Phi) is 35.5. The zero-order valence-corrected chi connectivity index (χ0v) is 33.0. The van der Waals surface area contributed by atoms with Gasteiger partial charge in [-0.25, -0.2) is 0 Å². The smallest absolute Gasteiger partial charge is 0.111 e. The molecule has 2 rings (SSSR count). The van der Waals surface area contributed by atoms with Gasteiger partial charge >= 0.3 is 0 Å². The molecule has 0 N–H and O–H groups in total. The van der Waals surface area contributed by atoms with Crippen molar-refractivity contribution in [1.82, 2.24) is 0 Å². The molecular weight excluding hydrogens is 672 g/mol. The molecule has 0 aromatic rings. The van der Waals surface area contributed by atoms with Crippen LogP contribution in [0.15, 0.2) is 47.3 Å². The number of hydrogen-bond acceptors (Lipinski definition) is 12. The highest BCUT2D eigenvalue weighted by molar-refractivity contribution is 5.17. The second-order valence-corrected chi connectivity index (χ2v) is 11.9. The predicted molar refractivity (Wildman–Crippen MR) is 202 cm³/mol. The van der Waals surface area contributed by atoms with Gasteiger partial charge in [0.25, 0.3) is 0 Å². The normalized spacial score (nSPS) is 16.1. The van der Waals surface area contributed by atoms with Gasteiger partial charge in [-0.1, -0.05) is 0 Å². The maximum absolute atomic E-state index is 5.59. The summed E-state index contributed by atoms with van der Waals surface area (Å²) in [5.41, 5.74) is 5.34. The van der Waals surface area contributed by atoms with Crippen LogP contribution in [-0.2, 0) is 56.8 Å². The van der Waals surface area contributed by atoms with Crippen molar-refractivity contribution in [2.24, 2.45) is 0 Å². The molecule has 0 heterocycles. The molecule has 0 amide bonds. The minimum absolute atomic E-state index is 0.574. The Labute approximate surface area is 315 Å². The second kappa shape index (κ2) is 38.6. The summed E-state index contributed by atoms with van der Waals surface area (Å²) < 4.78 is 64.8. The van der Waals surface area contributed by atoms with Gasteiger partial charge in [0, 0.05) is 26.4 Å². The van der Waals surface area contributed by atoms with E-state index in [0.717, 1.165) is 77.8 Å². The van der Waals surface area contributed by atoms with Gasteiger partial charge < -0.3 is 56.8 Å². The van der Waals surface area contributed by atoms with E-state index in [1.165, 1.54) is 22.3 Å². The summed E-state index contributed by atoms with van der Waals surface area (Å²) in [6, 6.07) is 0. The number of rotatable bonds is 32. The molecule has 2 saturated carbocycles. The predicted octanol–water partition coefficient (Wildman–Crippen LogP) is 6.94. The highest BCUT2D eigenvalue weighted by Crippen LogP contribution is 2.28. The van der Waals surface area contributed by atoms with Gasteiger partial charge in [0.1, 0.15) is 26.4 Å². The summed E-state index contributed by atoms with van der Waals surface area (Å²) >= 11 is 0. The van der Waals surface area contributed by atoms with E-state index in [-0.39, 0.29) is 0 Å². The molecule has 12 heteroatoms. The SMILES string of the molecule is CCOCCOCCOC=C1CCC(=COCCOCCOCC)CC1.CCOCCOCCOC=C1CCCC(=COCCOCCOCC)C1. The van der Waals surface area contributed by atoms with E-state index in [0.29, 0.717) is 106 Å². The first-order chi connectivity index (χ1) is 25.7. The van der Waals surface area contributed by atoms with Crippen molar-refractivity contribution < 1.29 is 56.8 Å². The quantitative estimate of drug-likeness (QED) is 0.0526. The largest absolute Gasteiger partial charge is 0.499 e. The molecule has 2 aliphatic carbocycles. The van der Waals surface area contributed by atoms with Gasteiger partial charge in [0.15, 0.2) is 0 Å². The lowest BCUT2D eigenvalue weighted by molar-refractivity contribution is 0.0336. The van der Waals surface area contributed by atoms with Crippen molar-refractivity contribution in [3.63, 3.8) is 0 Å². The van der Waals surface area contributed by atoms with E-state index in [1.807, 2.05) is 52.7 Å². The number of allylic oxidation sites excluding steroid dienone is 4. The molecule has 0 bridgehead atoms. The van der Waals surface area contributed by atoms with E-state index in [9.17, 15) is 0 Å². The third-order valence-corrected chi connectivity index (χ3v) is 7.67. The van der Waals surface area contributed by atoms with Gasteiger partial charge in [0.2, 0.25) is 0 Å². The highest BCUT2D eigenvalue weighted by Gasteiger charge is 2.12. The van der Waals surface area contributed by atoms with Crippen molar-refractivity contribution in [1.29, 1.82) is 0 Å². The molecule has 52 heavy (non-hydrogen) atoms. The molecule has 0 radical (unpaired) electrons. The van der Waals surface area contributed by atoms with Gasteiger partial charge in [-0.3, -0.25) is 0 Å². The first-order valence-corrected chi connectivity index (χ1v) is 19.5. The van der Waals surface area contributed by atoms with Gasteiger partial charge in [0.05, 0.1) is 104 Å². The molecule has 2 fully saturated rings. The van der Waals surface area contributed by atoms with Crippen LogP contribution in [0.5, 0.6) is 0 Å². The zero-order valence-electron chi connectivity index (χ0n) is 33.0. The average molecular weight is 745 g/mol. The molecule has 304 valence electrons. The third-order valence-electron chi connectivity index (χ3n) is 7.67. The minimum Gasteiger partial charge on any atom is -0.499 e. The van der Waals surface area contributed by atoms with Crippen molar-refractivity contribution in [2.75, 3.05) is 132 Å². The lowest BCUT2D eigenvalue weighted by Crippen LogP contribution is -2.09. The van der Waals surface area contributed by atoms with Crippen LogP contribution >= 0.6 is 0 Å². The van der Waals surface area contributed by atoms with Crippen LogP contribution in [0.25, 0.3) is 0 Å². The first-order valence-electron chi connectivity index (χ1n) is 19.5. The summed E-state index contributed by atoms with van der Waals surface area (Å²) in [6.45, 7) is 20.6. The van der Waals surface area contributed by atoms with Crippen LogP contribution in [0.1, 0.15) is 79.1 Å². The highest BCUT2D eigenvalue weighted by atomic mass is 16.6. The maximum Gasteiger partial charge on any atom is 0.111 e.